The average molecular weight is 219 g/mol. The fraction of sp³-hybridized carbons (Fsp3) is 0.286. The first kappa shape index (κ1) is 10.5. The second-order valence-electron chi connectivity index (χ2n) is 4.07. The Morgan fingerprint density at radius 2 is 1.60 bits per heavy atom. The van der Waals surface area contributed by atoms with Crippen LogP contribution in [0.25, 0.3) is 10.8 Å². The molecule has 0 aromatic heterocycles. The van der Waals surface area contributed by atoms with Crippen LogP contribution in [0.1, 0.15) is 25.3 Å². The van der Waals surface area contributed by atoms with Crippen molar-refractivity contribution in [2.45, 2.75) is 25.1 Å². The Kier molecular flexibility index (Phi) is 2.97. The van der Waals surface area contributed by atoms with Gasteiger partial charge in [-0.25, -0.2) is 0 Å². The van der Waals surface area contributed by atoms with Crippen LogP contribution < -0.4 is 0 Å². The van der Waals surface area contributed by atoms with Crippen LogP contribution in [0.2, 0.25) is 0 Å². The van der Waals surface area contributed by atoms with Gasteiger partial charge in [-0.05, 0) is 29.2 Å². The van der Waals surface area contributed by atoms with E-state index in [1.54, 1.807) is 0 Å². The molecule has 0 saturated carbocycles. The van der Waals surface area contributed by atoms with E-state index in [-0.39, 0.29) is 5.38 Å². The van der Waals surface area contributed by atoms with Crippen LogP contribution in [0.3, 0.4) is 0 Å². The molecule has 1 heteroatoms. The minimum Gasteiger partial charge on any atom is -0.123 e. The topological polar surface area (TPSA) is 0 Å². The van der Waals surface area contributed by atoms with E-state index in [9.17, 15) is 0 Å². The van der Waals surface area contributed by atoms with E-state index >= 15 is 0 Å². The maximum absolute atomic E-state index is 6.11. The number of hydrogen-bond donors (Lipinski definition) is 0. The normalized spacial score (nSPS) is 15.1. The van der Waals surface area contributed by atoms with Gasteiger partial charge in [-0.1, -0.05) is 49.4 Å². The molecule has 0 N–H and O–H groups in total. The SMILES string of the molecule is CC(Cl)C(C)c1ccc2ccccc2c1. The standard InChI is InChI=1S/C14H15Cl/c1-10(11(2)15)13-8-7-12-5-3-4-6-14(12)9-13/h3-11H,1-2H3. The van der Waals surface area contributed by atoms with Gasteiger partial charge in [-0.2, -0.15) is 0 Å². The second-order valence-corrected chi connectivity index (χ2v) is 4.76. The average Bonchev–Trinajstić information content (AvgIpc) is 2.27. The van der Waals surface area contributed by atoms with Crippen molar-refractivity contribution < 1.29 is 0 Å². The maximum atomic E-state index is 6.11. The summed E-state index contributed by atoms with van der Waals surface area (Å²) < 4.78 is 0. The maximum Gasteiger partial charge on any atom is 0.0373 e. The van der Waals surface area contributed by atoms with Crippen LogP contribution in [-0.2, 0) is 0 Å². The minimum atomic E-state index is 0.172. The zero-order chi connectivity index (χ0) is 10.8. The summed E-state index contributed by atoms with van der Waals surface area (Å²) >= 11 is 6.11. The number of alkyl halides is 1. The van der Waals surface area contributed by atoms with Crippen molar-refractivity contribution in [3.8, 4) is 0 Å². The third-order valence-corrected chi connectivity index (χ3v) is 3.37. The smallest absolute Gasteiger partial charge is 0.0373 e. The molecule has 2 atom stereocenters. The first-order chi connectivity index (χ1) is 7.18. The largest absolute Gasteiger partial charge is 0.123 e. The number of rotatable bonds is 2. The van der Waals surface area contributed by atoms with Gasteiger partial charge in [0.05, 0.1) is 0 Å². The van der Waals surface area contributed by atoms with Crippen molar-refractivity contribution in [1.82, 2.24) is 0 Å². The number of fused-ring (bicyclic) bond motifs is 1. The Morgan fingerprint density at radius 1 is 0.933 bits per heavy atom. The minimum absolute atomic E-state index is 0.172. The van der Waals surface area contributed by atoms with E-state index in [0.29, 0.717) is 5.92 Å². The van der Waals surface area contributed by atoms with E-state index in [2.05, 4.69) is 49.4 Å². The lowest BCUT2D eigenvalue weighted by atomic mass is 9.96. The number of halogens is 1. The molecule has 0 nitrogen and oxygen atoms in total. The Balaban J connectivity index is 2.47. The van der Waals surface area contributed by atoms with Crippen LogP contribution in [0.5, 0.6) is 0 Å². The van der Waals surface area contributed by atoms with Crippen molar-refractivity contribution >= 4 is 22.4 Å². The molecule has 0 amide bonds. The van der Waals surface area contributed by atoms with E-state index in [1.165, 1.54) is 16.3 Å². The first-order valence-corrected chi connectivity index (χ1v) is 5.75. The third kappa shape index (κ3) is 2.15. The zero-order valence-electron chi connectivity index (χ0n) is 9.07. The molecule has 0 saturated heterocycles. The highest BCUT2D eigenvalue weighted by Gasteiger charge is 2.11. The third-order valence-electron chi connectivity index (χ3n) is 2.99. The summed E-state index contributed by atoms with van der Waals surface area (Å²) in [5.74, 6) is 0.399. The number of hydrogen-bond acceptors (Lipinski definition) is 0. The Bertz CT molecular complexity index is 460. The lowest BCUT2D eigenvalue weighted by Gasteiger charge is -2.14. The molecule has 2 aromatic rings. The quantitative estimate of drug-likeness (QED) is 0.648. The lowest BCUT2D eigenvalue weighted by Crippen LogP contribution is -2.04. The first-order valence-electron chi connectivity index (χ1n) is 5.31. The fourth-order valence-corrected chi connectivity index (χ4v) is 1.90. The molecule has 2 unspecified atom stereocenters. The highest BCUT2D eigenvalue weighted by molar-refractivity contribution is 6.20. The molecule has 0 radical (unpaired) electrons. The van der Waals surface area contributed by atoms with Crippen LogP contribution in [-0.4, -0.2) is 5.38 Å². The van der Waals surface area contributed by atoms with Gasteiger partial charge in [0, 0.05) is 5.38 Å². The molecule has 0 aliphatic heterocycles. The van der Waals surface area contributed by atoms with Crippen molar-refractivity contribution in [2.24, 2.45) is 0 Å². The van der Waals surface area contributed by atoms with Gasteiger partial charge in [-0.3, -0.25) is 0 Å². The summed E-state index contributed by atoms with van der Waals surface area (Å²) in [6.45, 7) is 4.21. The molecule has 0 fully saturated rings. The Hall–Kier alpha value is -1.01. The van der Waals surface area contributed by atoms with E-state index in [4.69, 9.17) is 11.6 Å². The van der Waals surface area contributed by atoms with E-state index in [0.717, 1.165) is 0 Å². The molecule has 0 bridgehead atoms. The Morgan fingerprint density at radius 3 is 2.27 bits per heavy atom. The van der Waals surface area contributed by atoms with Crippen molar-refractivity contribution in [2.75, 3.05) is 0 Å². The highest BCUT2D eigenvalue weighted by Crippen LogP contribution is 2.26. The van der Waals surface area contributed by atoms with Crippen LogP contribution in [0.15, 0.2) is 42.5 Å². The molecular weight excluding hydrogens is 204 g/mol. The summed E-state index contributed by atoms with van der Waals surface area (Å²) in [7, 11) is 0. The molecule has 78 valence electrons. The molecule has 2 aromatic carbocycles. The molecule has 2 rings (SSSR count). The number of benzene rings is 2. The van der Waals surface area contributed by atoms with E-state index < -0.39 is 0 Å². The molecule has 0 aliphatic carbocycles. The molecule has 0 spiro atoms. The molecule has 0 heterocycles. The second kappa shape index (κ2) is 4.24. The van der Waals surface area contributed by atoms with Gasteiger partial charge in [0.2, 0.25) is 0 Å². The summed E-state index contributed by atoms with van der Waals surface area (Å²) in [4.78, 5) is 0. The van der Waals surface area contributed by atoms with Crippen molar-refractivity contribution in [1.29, 1.82) is 0 Å². The predicted octanol–water partition coefficient (Wildman–Crippen LogP) is 4.57. The molecular formula is C14H15Cl. The zero-order valence-corrected chi connectivity index (χ0v) is 9.83. The predicted molar refractivity (Wildman–Crippen MR) is 67.7 cm³/mol. The van der Waals surface area contributed by atoms with Crippen LogP contribution in [0, 0.1) is 0 Å². The summed E-state index contributed by atoms with van der Waals surface area (Å²) in [6.07, 6.45) is 0. The van der Waals surface area contributed by atoms with Gasteiger partial charge in [0.25, 0.3) is 0 Å². The fourth-order valence-electron chi connectivity index (χ4n) is 1.76. The van der Waals surface area contributed by atoms with Crippen molar-refractivity contribution in [3.05, 3.63) is 48.0 Å². The summed E-state index contributed by atoms with van der Waals surface area (Å²) in [6, 6.07) is 15.0. The van der Waals surface area contributed by atoms with E-state index in [1.807, 2.05) is 6.92 Å². The van der Waals surface area contributed by atoms with Gasteiger partial charge >= 0.3 is 0 Å². The van der Waals surface area contributed by atoms with Crippen LogP contribution in [0.4, 0.5) is 0 Å². The van der Waals surface area contributed by atoms with Gasteiger partial charge in [-0.15, -0.1) is 11.6 Å². The van der Waals surface area contributed by atoms with Crippen molar-refractivity contribution in [3.63, 3.8) is 0 Å². The molecule has 0 aliphatic rings. The van der Waals surface area contributed by atoms with Gasteiger partial charge in [0.15, 0.2) is 0 Å². The monoisotopic (exact) mass is 218 g/mol. The summed E-state index contributed by atoms with van der Waals surface area (Å²) in [5, 5.41) is 2.75. The molecule has 15 heavy (non-hydrogen) atoms. The summed E-state index contributed by atoms with van der Waals surface area (Å²) in [5.41, 5.74) is 1.32. The van der Waals surface area contributed by atoms with Gasteiger partial charge < -0.3 is 0 Å². The van der Waals surface area contributed by atoms with Crippen LogP contribution >= 0.6 is 11.6 Å². The van der Waals surface area contributed by atoms with Gasteiger partial charge in [0.1, 0.15) is 0 Å². The lowest BCUT2D eigenvalue weighted by molar-refractivity contribution is 0.743. The Labute approximate surface area is 95.9 Å². The highest BCUT2D eigenvalue weighted by atomic mass is 35.5.